The first-order chi connectivity index (χ1) is 13.5. The molecular weight excluding hydrogens is 374 g/mol. The van der Waals surface area contributed by atoms with Crippen LogP contribution in [0, 0.1) is 0 Å². The van der Waals surface area contributed by atoms with Gasteiger partial charge in [-0.1, -0.05) is 42.5 Å². The van der Waals surface area contributed by atoms with Crippen LogP contribution in [-0.2, 0) is 21.1 Å². The minimum atomic E-state index is -3.06. The number of hydrogen-bond donors (Lipinski definition) is 0. The third-order valence-electron chi connectivity index (χ3n) is 4.95. The lowest BCUT2D eigenvalue weighted by atomic mass is 10.1. The Morgan fingerprint density at radius 3 is 2.46 bits per heavy atom. The summed E-state index contributed by atoms with van der Waals surface area (Å²) in [5.74, 6) is 0.789. The van der Waals surface area contributed by atoms with Gasteiger partial charge in [0.2, 0.25) is 5.91 Å². The van der Waals surface area contributed by atoms with Crippen molar-refractivity contribution in [3.8, 4) is 5.75 Å². The molecule has 1 heterocycles. The predicted octanol–water partition coefficient (Wildman–Crippen LogP) is 2.97. The maximum absolute atomic E-state index is 12.9. The van der Waals surface area contributed by atoms with Crippen LogP contribution in [0.5, 0.6) is 5.75 Å². The van der Waals surface area contributed by atoms with Gasteiger partial charge in [-0.2, -0.15) is 0 Å². The summed E-state index contributed by atoms with van der Waals surface area (Å²) in [5, 5.41) is 0. The summed E-state index contributed by atoms with van der Waals surface area (Å²) in [5.41, 5.74) is 2.01. The SMILES string of the molecule is COc1ccc(/C=C/C(=O)N(CCc2ccccc2)[C@H]2CCS(=O)(=O)C2)cc1. The zero-order valence-corrected chi connectivity index (χ0v) is 16.8. The van der Waals surface area contributed by atoms with Crippen molar-refractivity contribution in [1.82, 2.24) is 4.90 Å². The first kappa shape index (κ1) is 20.1. The van der Waals surface area contributed by atoms with E-state index in [1.54, 1.807) is 18.1 Å². The molecule has 1 atom stereocenters. The highest BCUT2D eigenvalue weighted by Crippen LogP contribution is 2.19. The largest absolute Gasteiger partial charge is 0.497 e. The molecule has 0 N–H and O–H groups in total. The van der Waals surface area contributed by atoms with Crippen LogP contribution in [0.15, 0.2) is 60.7 Å². The summed E-state index contributed by atoms with van der Waals surface area (Å²) < 4.78 is 29.0. The van der Waals surface area contributed by atoms with Crippen molar-refractivity contribution in [1.29, 1.82) is 0 Å². The van der Waals surface area contributed by atoms with Crippen molar-refractivity contribution < 1.29 is 17.9 Å². The maximum Gasteiger partial charge on any atom is 0.246 e. The molecule has 2 aromatic carbocycles. The molecule has 28 heavy (non-hydrogen) atoms. The van der Waals surface area contributed by atoms with Gasteiger partial charge >= 0.3 is 0 Å². The van der Waals surface area contributed by atoms with E-state index in [9.17, 15) is 13.2 Å². The summed E-state index contributed by atoms with van der Waals surface area (Å²) in [7, 11) is -1.46. The number of sulfone groups is 1. The van der Waals surface area contributed by atoms with Crippen LogP contribution in [-0.4, -0.2) is 50.4 Å². The lowest BCUT2D eigenvalue weighted by molar-refractivity contribution is -0.127. The van der Waals surface area contributed by atoms with E-state index < -0.39 is 9.84 Å². The second-order valence-corrected chi connectivity index (χ2v) is 9.16. The third-order valence-corrected chi connectivity index (χ3v) is 6.70. The Bertz CT molecular complexity index is 921. The van der Waals surface area contributed by atoms with Crippen LogP contribution in [0.1, 0.15) is 17.5 Å². The van der Waals surface area contributed by atoms with Gasteiger partial charge in [0, 0.05) is 18.7 Å². The molecule has 0 radical (unpaired) electrons. The normalized spacial score (nSPS) is 18.2. The van der Waals surface area contributed by atoms with E-state index in [2.05, 4.69) is 0 Å². The highest BCUT2D eigenvalue weighted by Gasteiger charge is 2.33. The molecule has 2 aromatic rings. The smallest absolute Gasteiger partial charge is 0.246 e. The molecule has 1 fully saturated rings. The van der Waals surface area contributed by atoms with Crippen molar-refractivity contribution in [3.05, 3.63) is 71.8 Å². The minimum Gasteiger partial charge on any atom is -0.497 e. The van der Waals surface area contributed by atoms with E-state index in [0.717, 1.165) is 16.9 Å². The van der Waals surface area contributed by atoms with Gasteiger partial charge in [-0.25, -0.2) is 8.42 Å². The van der Waals surface area contributed by atoms with Crippen molar-refractivity contribution in [2.75, 3.05) is 25.2 Å². The number of carbonyl (C=O) groups is 1. The second-order valence-electron chi connectivity index (χ2n) is 6.93. The van der Waals surface area contributed by atoms with E-state index in [4.69, 9.17) is 4.74 Å². The van der Waals surface area contributed by atoms with Crippen LogP contribution in [0.2, 0.25) is 0 Å². The van der Waals surface area contributed by atoms with Crippen LogP contribution in [0.25, 0.3) is 6.08 Å². The first-order valence-corrected chi connectivity index (χ1v) is 11.2. The molecule has 0 unspecified atom stereocenters. The zero-order chi connectivity index (χ0) is 20.0. The Morgan fingerprint density at radius 1 is 1.14 bits per heavy atom. The zero-order valence-electron chi connectivity index (χ0n) is 16.0. The van der Waals surface area contributed by atoms with E-state index in [1.165, 1.54) is 6.08 Å². The molecule has 1 aliphatic heterocycles. The molecule has 6 heteroatoms. The number of benzene rings is 2. The number of amides is 1. The lowest BCUT2D eigenvalue weighted by Gasteiger charge is -2.27. The van der Waals surface area contributed by atoms with E-state index >= 15 is 0 Å². The van der Waals surface area contributed by atoms with Gasteiger partial charge in [-0.15, -0.1) is 0 Å². The fourth-order valence-electron chi connectivity index (χ4n) is 3.37. The molecule has 148 valence electrons. The van der Waals surface area contributed by atoms with Crippen molar-refractivity contribution in [2.24, 2.45) is 0 Å². The molecule has 0 aromatic heterocycles. The fraction of sp³-hybridized carbons (Fsp3) is 0.318. The van der Waals surface area contributed by atoms with Crippen LogP contribution in [0.4, 0.5) is 0 Å². The highest BCUT2D eigenvalue weighted by molar-refractivity contribution is 7.91. The van der Waals surface area contributed by atoms with E-state index in [0.29, 0.717) is 19.4 Å². The van der Waals surface area contributed by atoms with Gasteiger partial charge in [0.25, 0.3) is 0 Å². The average Bonchev–Trinajstić information content (AvgIpc) is 3.07. The molecule has 3 rings (SSSR count). The van der Waals surface area contributed by atoms with Crippen LogP contribution in [0.3, 0.4) is 0 Å². The first-order valence-electron chi connectivity index (χ1n) is 9.34. The molecule has 0 spiro atoms. The van der Waals surface area contributed by atoms with Gasteiger partial charge in [-0.3, -0.25) is 4.79 Å². The summed E-state index contributed by atoms with van der Waals surface area (Å²) in [6.45, 7) is 0.496. The average molecular weight is 400 g/mol. The molecule has 1 saturated heterocycles. The molecule has 1 aliphatic rings. The van der Waals surface area contributed by atoms with Gasteiger partial charge in [0.1, 0.15) is 5.75 Å². The lowest BCUT2D eigenvalue weighted by Crippen LogP contribution is -2.41. The van der Waals surface area contributed by atoms with E-state index in [1.807, 2.05) is 54.6 Å². The number of hydrogen-bond acceptors (Lipinski definition) is 4. The van der Waals surface area contributed by atoms with Gasteiger partial charge < -0.3 is 9.64 Å². The van der Waals surface area contributed by atoms with E-state index in [-0.39, 0.29) is 23.5 Å². The number of methoxy groups -OCH3 is 1. The molecular formula is C22H25NO4S. The number of rotatable bonds is 7. The summed E-state index contributed by atoms with van der Waals surface area (Å²) in [4.78, 5) is 14.6. The van der Waals surface area contributed by atoms with Gasteiger partial charge in [0.05, 0.1) is 18.6 Å². The van der Waals surface area contributed by atoms with Crippen LogP contribution < -0.4 is 4.74 Å². The fourth-order valence-corrected chi connectivity index (χ4v) is 5.10. The van der Waals surface area contributed by atoms with Gasteiger partial charge in [-0.05, 0) is 42.2 Å². The quantitative estimate of drug-likeness (QED) is 0.672. The summed E-state index contributed by atoms with van der Waals surface area (Å²) in [6.07, 6.45) is 4.47. The van der Waals surface area contributed by atoms with Crippen molar-refractivity contribution >= 4 is 21.8 Å². The summed E-state index contributed by atoms with van der Waals surface area (Å²) >= 11 is 0. The summed E-state index contributed by atoms with van der Waals surface area (Å²) in [6, 6.07) is 17.1. The van der Waals surface area contributed by atoms with Crippen molar-refractivity contribution in [3.63, 3.8) is 0 Å². The van der Waals surface area contributed by atoms with Gasteiger partial charge in [0.15, 0.2) is 9.84 Å². The molecule has 5 nitrogen and oxygen atoms in total. The minimum absolute atomic E-state index is 0.0455. The number of ether oxygens (including phenoxy) is 1. The topological polar surface area (TPSA) is 63.7 Å². The Morgan fingerprint density at radius 2 is 1.86 bits per heavy atom. The Labute approximate surface area is 166 Å². The van der Waals surface area contributed by atoms with Crippen molar-refractivity contribution in [2.45, 2.75) is 18.9 Å². The maximum atomic E-state index is 12.9. The molecule has 1 amide bonds. The molecule has 0 bridgehead atoms. The standard InChI is InChI=1S/C22H25NO4S/c1-27-21-10-7-19(8-11-21)9-12-22(24)23(20-14-16-28(25,26)17-20)15-13-18-5-3-2-4-6-18/h2-12,20H,13-17H2,1H3/b12-9+/t20-/m0/s1. The second kappa shape index (κ2) is 9.06. The van der Waals surface area contributed by atoms with Crippen LogP contribution >= 0.6 is 0 Å². The Balaban J connectivity index is 1.72. The number of carbonyl (C=O) groups excluding carboxylic acids is 1. The third kappa shape index (κ3) is 5.45. The Hall–Kier alpha value is -2.60. The highest BCUT2D eigenvalue weighted by atomic mass is 32.2. The Kier molecular flexibility index (Phi) is 6.52. The molecule has 0 saturated carbocycles. The monoisotopic (exact) mass is 399 g/mol. The molecule has 0 aliphatic carbocycles. The number of nitrogens with zero attached hydrogens (tertiary/aromatic N) is 1. The predicted molar refractivity (Wildman–Crippen MR) is 111 cm³/mol.